The highest BCUT2D eigenvalue weighted by atomic mass is 35.5. The summed E-state index contributed by atoms with van der Waals surface area (Å²) in [5, 5.41) is 1.42. The summed E-state index contributed by atoms with van der Waals surface area (Å²) in [5.74, 6) is -0.496. The highest BCUT2D eigenvalue weighted by Crippen LogP contribution is 2.15. The Labute approximate surface area is 152 Å². The van der Waals surface area contributed by atoms with E-state index in [-0.39, 0.29) is 11.3 Å². The molecule has 1 N–H and O–H groups in total. The van der Waals surface area contributed by atoms with Gasteiger partial charge in [-0.2, -0.15) is 4.72 Å². The first-order chi connectivity index (χ1) is 11.8. The van der Waals surface area contributed by atoms with Gasteiger partial charge in [-0.05, 0) is 36.2 Å². The van der Waals surface area contributed by atoms with Crippen molar-refractivity contribution in [3.8, 4) is 0 Å². The van der Waals surface area contributed by atoms with Crippen LogP contribution in [-0.2, 0) is 26.1 Å². The quantitative estimate of drug-likeness (QED) is 0.745. The van der Waals surface area contributed by atoms with E-state index in [1.54, 1.807) is 0 Å². The fourth-order valence-electron chi connectivity index (χ4n) is 2.21. The van der Waals surface area contributed by atoms with Crippen LogP contribution >= 0.6 is 11.6 Å². The van der Waals surface area contributed by atoms with Gasteiger partial charge in [0.05, 0.1) is 12.0 Å². The summed E-state index contributed by atoms with van der Waals surface area (Å²) in [6, 6.07) is 13.9. The molecule has 0 spiro atoms. The molecule has 1 amide bonds. The fourth-order valence-corrected chi connectivity index (χ4v) is 3.52. The molecule has 2 aromatic carbocycles. The van der Waals surface area contributed by atoms with E-state index in [1.807, 2.05) is 30.3 Å². The molecule has 1 atom stereocenters. The maximum Gasteiger partial charge on any atom is 0.264 e. The number of carbonyl (C=O) groups is 1. The van der Waals surface area contributed by atoms with Crippen LogP contribution in [0.5, 0.6) is 0 Å². The Morgan fingerprint density at radius 2 is 1.76 bits per heavy atom. The van der Waals surface area contributed by atoms with Crippen molar-refractivity contribution in [3.63, 3.8) is 0 Å². The molecule has 0 radical (unpaired) electrons. The van der Waals surface area contributed by atoms with E-state index in [9.17, 15) is 13.2 Å². The highest BCUT2D eigenvalue weighted by Gasteiger charge is 2.28. The highest BCUT2D eigenvalue weighted by molar-refractivity contribution is 7.89. The normalized spacial score (nSPS) is 12.6. The van der Waals surface area contributed by atoms with Crippen molar-refractivity contribution in [2.75, 3.05) is 14.2 Å². The third-order valence-corrected chi connectivity index (χ3v) is 5.33. The number of hydrogen-bond donors (Lipinski definition) is 1. The molecule has 0 aliphatic rings. The van der Waals surface area contributed by atoms with E-state index in [2.05, 4.69) is 4.72 Å². The van der Waals surface area contributed by atoms with Crippen molar-refractivity contribution in [2.24, 2.45) is 0 Å². The van der Waals surface area contributed by atoms with Crippen LogP contribution in [0.2, 0.25) is 5.02 Å². The summed E-state index contributed by atoms with van der Waals surface area (Å²) in [6.07, 6.45) is 0.195. The zero-order valence-electron chi connectivity index (χ0n) is 13.8. The number of likely N-dealkylation sites (N-methyl/N-ethyl adjacent to an activating group) is 1. The van der Waals surface area contributed by atoms with Gasteiger partial charge in [-0.25, -0.2) is 13.5 Å². The van der Waals surface area contributed by atoms with Crippen LogP contribution in [0.3, 0.4) is 0 Å². The van der Waals surface area contributed by atoms with E-state index in [0.717, 1.165) is 10.6 Å². The van der Waals surface area contributed by atoms with Gasteiger partial charge in [-0.1, -0.05) is 41.9 Å². The van der Waals surface area contributed by atoms with Gasteiger partial charge in [0.15, 0.2) is 0 Å². The van der Waals surface area contributed by atoms with E-state index in [1.165, 1.54) is 38.4 Å². The predicted molar refractivity (Wildman–Crippen MR) is 95.5 cm³/mol. The Balaban J connectivity index is 2.28. The SMILES string of the molecule is CON(C)C(=O)C(Cc1ccccc1)NS(=O)(=O)c1ccc(Cl)cc1. The molecular weight excluding hydrogens is 364 g/mol. The van der Waals surface area contributed by atoms with Crippen molar-refractivity contribution < 1.29 is 18.0 Å². The molecule has 0 bridgehead atoms. The maximum atomic E-state index is 12.6. The number of hydrogen-bond acceptors (Lipinski definition) is 4. The zero-order chi connectivity index (χ0) is 18.4. The molecule has 0 fully saturated rings. The molecule has 0 saturated heterocycles. The lowest BCUT2D eigenvalue weighted by Crippen LogP contribution is -2.48. The van der Waals surface area contributed by atoms with Gasteiger partial charge in [-0.15, -0.1) is 0 Å². The summed E-state index contributed by atoms with van der Waals surface area (Å²) in [4.78, 5) is 17.4. The minimum absolute atomic E-state index is 0.0304. The summed E-state index contributed by atoms with van der Waals surface area (Å²) < 4.78 is 27.6. The molecule has 6 nitrogen and oxygen atoms in total. The molecule has 8 heteroatoms. The average Bonchev–Trinajstić information content (AvgIpc) is 2.61. The van der Waals surface area contributed by atoms with Crippen molar-refractivity contribution in [1.29, 1.82) is 0 Å². The van der Waals surface area contributed by atoms with E-state index < -0.39 is 22.0 Å². The molecule has 0 aliphatic heterocycles. The lowest BCUT2D eigenvalue weighted by molar-refractivity contribution is -0.170. The topological polar surface area (TPSA) is 75.7 Å². The van der Waals surface area contributed by atoms with E-state index in [0.29, 0.717) is 5.02 Å². The maximum absolute atomic E-state index is 12.6. The second-order valence-corrected chi connectivity index (χ2v) is 7.49. The molecule has 0 aromatic heterocycles. The fraction of sp³-hybridized carbons (Fsp3) is 0.235. The van der Waals surface area contributed by atoms with Crippen molar-refractivity contribution in [3.05, 3.63) is 65.2 Å². The Morgan fingerprint density at radius 1 is 1.16 bits per heavy atom. The second kappa shape index (κ2) is 8.44. The molecule has 1 unspecified atom stereocenters. The van der Waals surface area contributed by atoms with Gasteiger partial charge < -0.3 is 0 Å². The second-order valence-electron chi connectivity index (χ2n) is 5.34. The number of halogens is 1. The summed E-state index contributed by atoms with van der Waals surface area (Å²) >= 11 is 5.79. The average molecular weight is 383 g/mol. The minimum atomic E-state index is -3.89. The minimum Gasteiger partial charge on any atom is -0.275 e. The molecule has 2 aromatic rings. The number of sulfonamides is 1. The zero-order valence-corrected chi connectivity index (χ0v) is 15.4. The van der Waals surface area contributed by atoms with Gasteiger partial charge in [0.1, 0.15) is 6.04 Å². The Hall–Kier alpha value is -1.93. The predicted octanol–water partition coefficient (Wildman–Crippen LogP) is 2.25. The monoisotopic (exact) mass is 382 g/mol. The Morgan fingerprint density at radius 3 is 2.32 bits per heavy atom. The van der Waals surface area contributed by atoms with Gasteiger partial charge in [0, 0.05) is 12.1 Å². The number of amides is 1. The van der Waals surface area contributed by atoms with Gasteiger partial charge >= 0.3 is 0 Å². The van der Waals surface area contributed by atoms with Crippen LogP contribution < -0.4 is 4.72 Å². The van der Waals surface area contributed by atoms with Crippen LogP contribution in [0.25, 0.3) is 0 Å². The first kappa shape index (κ1) is 19.4. The van der Waals surface area contributed by atoms with Crippen LogP contribution in [0, 0.1) is 0 Å². The van der Waals surface area contributed by atoms with E-state index in [4.69, 9.17) is 16.4 Å². The van der Waals surface area contributed by atoms with E-state index >= 15 is 0 Å². The van der Waals surface area contributed by atoms with Gasteiger partial charge in [-0.3, -0.25) is 9.63 Å². The smallest absolute Gasteiger partial charge is 0.264 e. The standard InChI is InChI=1S/C17H19ClN2O4S/c1-20(24-2)17(21)16(12-13-6-4-3-5-7-13)19-25(22,23)15-10-8-14(18)9-11-15/h3-11,16,19H,12H2,1-2H3. The molecule has 0 aliphatic carbocycles. The first-order valence-electron chi connectivity index (χ1n) is 7.47. The third-order valence-electron chi connectivity index (χ3n) is 3.59. The number of rotatable bonds is 7. The molecule has 0 saturated carbocycles. The molecule has 0 heterocycles. The molecular formula is C17H19ClN2O4S. The Bertz CT molecular complexity index is 810. The van der Waals surface area contributed by atoms with Crippen LogP contribution in [0.1, 0.15) is 5.56 Å². The van der Waals surface area contributed by atoms with Crippen molar-refractivity contribution in [1.82, 2.24) is 9.79 Å². The number of nitrogens with zero attached hydrogens (tertiary/aromatic N) is 1. The number of carbonyl (C=O) groups excluding carboxylic acids is 1. The lowest BCUT2D eigenvalue weighted by atomic mass is 10.1. The largest absolute Gasteiger partial charge is 0.275 e. The summed E-state index contributed by atoms with van der Waals surface area (Å²) in [6.45, 7) is 0. The first-order valence-corrected chi connectivity index (χ1v) is 9.33. The third kappa shape index (κ3) is 5.27. The number of nitrogens with one attached hydrogen (secondary N) is 1. The van der Waals surface area contributed by atoms with Gasteiger partial charge in [0.2, 0.25) is 10.0 Å². The van der Waals surface area contributed by atoms with Crippen LogP contribution in [0.4, 0.5) is 0 Å². The van der Waals surface area contributed by atoms with Crippen LogP contribution in [-0.4, -0.2) is 39.6 Å². The Kier molecular flexibility index (Phi) is 6.55. The molecule has 25 heavy (non-hydrogen) atoms. The van der Waals surface area contributed by atoms with Crippen molar-refractivity contribution >= 4 is 27.5 Å². The van der Waals surface area contributed by atoms with Gasteiger partial charge in [0.25, 0.3) is 5.91 Å². The van der Waals surface area contributed by atoms with Crippen LogP contribution in [0.15, 0.2) is 59.5 Å². The van der Waals surface area contributed by atoms with Crippen molar-refractivity contribution in [2.45, 2.75) is 17.4 Å². The number of benzene rings is 2. The molecule has 134 valence electrons. The number of hydroxylamine groups is 2. The lowest BCUT2D eigenvalue weighted by Gasteiger charge is -2.23. The summed E-state index contributed by atoms with van der Waals surface area (Å²) in [5.41, 5.74) is 0.823. The summed E-state index contributed by atoms with van der Waals surface area (Å²) in [7, 11) is -1.13. The molecule has 2 rings (SSSR count).